The molecular weight excluding hydrogens is 355 g/mol. The molecule has 0 unspecified atom stereocenters. The smallest absolute Gasteiger partial charge is 0.310 e. The van der Waals surface area contributed by atoms with Crippen LogP contribution in [0.3, 0.4) is 0 Å². The van der Waals surface area contributed by atoms with E-state index in [4.69, 9.17) is 24.1 Å². The van der Waals surface area contributed by atoms with E-state index in [0.29, 0.717) is 24.4 Å². The van der Waals surface area contributed by atoms with Crippen LogP contribution in [-0.2, 0) is 19.0 Å². The summed E-state index contributed by atoms with van der Waals surface area (Å²) in [6, 6.07) is 2.97. The first-order chi connectivity index (χ1) is 13.0. The average molecular weight is 380 g/mol. The molecule has 1 aliphatic carbocycles. The molecule has 1 aliphatic rings. The van der Waals surface area contributed by atoms with E-state index in [9.17, 15) is 9.18 Å². The fraction of sp³-hybridized carbons (Fsp3) is 0.450. The van der Waals surface area contributed by atoms with Crippen LogP contribution in [0.4, 0.5) is 4.39 Å². The Bertz CT molecular complexity index is 725. The molecule has 1 aromatic rings. The van der Waals surface area contributed by atoms with E-state index in [2.05, 4.69) is 6.58 Å². The first kappa shape index (κ1) is 21.1. The van der Waals surface area contributed by atoms with Gasteiger partial charge in [-0.3, -0.25) is 4.79 Å². The number of carbonyl (C=O) groups is 1. The van der Waals surface area contributed by atoms with Gasteiger partial charge < -0.3 is 24.1 Å². The highest BCUT2D eigenvalue weighted by molar-refractivity contribution is 6.03. The third-order valence-electron chi connectivity index (χ3n) is 4.27. The molecule has 6 nitrogen and oxygen atoms in total. The van der Waals surface area contributed by atoms with Crippen molar-refractivity contribution in [3.63, 3.8) is 0 Å². The van der Waals surface area contributed by atoms with E-state index >= 15 is 0 Å². The Morgan fingerprint density at radius 3 is 2.44 bits per heavy atom. The fourth-order valence-electron chi connectivity index (χ4n) is 2.79. The molecule has 0 heterocycles. The number of hydrogen-bond donors (Lipinski definition) is 1. The summed E-state index contributed by atoms with van der Waals surface area (Å²) < 4.78 is 35.0. The predicted molar refractivity (Wildman–Crippen MR) is 98.9 cm³/mol. The zero-order valence-electron chi connectivity index (χ0n) is 15.7. The van der Waals surface area contributed by atoms with Gasteiger partial charge >= 0.3 is 5.97 Å². The standard InChI is InChI=1S/C20H25FO6/c1-13-14(2)16(12-20(23)24-3)17-11-19(18(21)10-15(13)17)27-9-8-26-7-6-25-5-4-22/h10-11,22H,1,4-9,12H2,2-3H3. The lowest BCUT2D eigenvalue weighted by atomic mass is 10.0. The zero-order chi connectivity index (χ0) is 19.8. The molecule has 0 atom stereocenters. The SMILES string of the molecule is C=C1C(C)=C(CC(=O)OC)c2cc(OCCOCCOCCO)c(F)cc21. The molecule has 1 N–H and O–H groups in total. The third kappa shape index (κ3) is 5.38. The van der Waals surface area contributed by atoms with Crippen LogP contribution in [0, 0.1) is 5.82 Å². The van der Waals surface area contributed by atoms with Gasteiger partial charge in [0.1, 0.15) is 6.61 Å². The van der Waals surface area contributed by atoms with Crippen molar-refractivity contribution >= 4 is 17.1 Å². The van der Waals surface area contributed by atoms with Crippen LogP contribution >= 0.6 is 0 Å². The average Bonchev–Trinajstić information content (AvgIpc) is 2.88. The second-order valence-electron chi connectivity index (χ2n) is 5.96. The van der Waals surface area contributed by atoms with Gasteiger partial charge in [-0.25, -0.2) is 4.39 Å². The Hall–Kier alpha value is -2.22. The number of fused-ring (bicyclic) bond motifs is 1. The summed E-state index contributed by atoms with van der Waals surface area (Å²) in [6.45, 7) is 7.26. The van der Waals surface area contributed by atoms with Gasteiger partial charge in [-0.15, -0.1) is 0 Å². The van der Waals surface area contributed by atoms with Crippen molar-refractivity contribution in [1.82, 2.24) is 0 Å². The van der Waals surface area contributed by atoms with Gasteiger partial charge in [-0.1, -0.05) is 6.58 Å². The van der Waals surface area contributed by atoms with Crippen LogP contribution in [0.15, 0.2) is 24.3 Å². The molecule has 0 aliphatic heterocycles. The van der Waals surface area contributed by atoms with Crippen molar-refractivity contribution in [3.05, 3.63) is 41.2 Å². The Kier molecular flexibility index (Phi) is 7.97. The van der Waals surface area contributed by atoms with E-state index in [1.807, 2.05) is 6.92 Å². The summed E-state index contributed by atoms with van der Waals surface area (Å²) in [5, 5.41) is 8.58. The lowest BCUT2D eigenvalue weighted by molar-refractivity contribution is -0.139. The lowest BCUT2D eigenvalue weighted by Gasteiger charge is -2.12. The minimum atomic E-state index is -0.492. The first-order valence-electron chi connectivity index (χ1n) is 8.68. The Morgan fingerprint density at radius 2 is 1.78 bits per heavy atom. The number of esters is 1. The fourth-order valence-corrected chi connectivity index (χ4v) is 2.79. The summed E-state index contributed by atoms with van der Waals surface area (Å²) in [5.74, 6) is -0.763. The summed E-state index contributed by atoms with van der Waals surface area (Å²) in [4.78, 5) is 11.7. The van der Waals surface area contributed by atoms with Crippen LogP contribution < -0.4 is 4.74 Å². The minimum absolute atomic E-state index is 0.0287. The molecule has 27 heavy (non-hydrogen) atoms. The van der Waals surface area contributed by atoms with Crippen LogP contribution in [0.25, 0.3) is 11.1 Å². The summed E-state index contributed by atoms with van der Waals surface area (Å²) in [5.41, 5.74) is 3.70. The molecule has 0 radical (unpaired) electrons. The first-order valence-corrected chi connectivity index (χ1v) is 8.68. The number of benzene rings is 1. The van der Waals surface area contributed by atoms with Gasteiger partial charge in [0.05, 0.1) is 46.6 Å². The molecule has 0 saturated carbocycles. The third-order valence-corrected chi connectivity index (χ3v) is 4.27. The molecule has 7 heteroatoms. The molecule has 0 spiro atoms. The maximum absolute atomic E-state index is 14.4. The van der Waals surface area contributed by atoms with Crippen LogP contribution in [0.2, 0.25) is 0 Å². The van der Waals surface area contributed by atoms with Gasteiger partial charge in [0.2, 0.25) is 0 Å². The monoisotopic (exact) mass is 380 g/mol. The van der Waals surface area contributed by atoms with Gasteiger partial charge in [-0.2, -0.15) is 0 Å². The number of ether oxygens (including phenoxy) is 4. The highest BCUT2D eigenvalue weighted by atomic mass is 19.1. The summed E-state index contributed by atoms with van der Waals surface area (Å²) in [7, 11) is 1.33. The number of hydrogen-bond acceptors (Lipinski definition) is 6. The number of methoxy groups -OCH3 is 1. The maximum Gasteiger partial charge on any atom is 0.310 e. The Balaban J connectivity index is 1.98. The van der Waals surface area contributed by atoms with Gasteiger partial charge in [0, 0.05) is 0 Å². The molecular formula is C20H25FO6. The maximum atomic E-state index is 14.4. The van der Waals surface area contributed by atoms with Crippen LogP contribution in [-0.4, -0.2) is 57.8 Å². The number of halogens is 1. The van der Waals surface area contributed by atoms with Crippen LogP contribution in [0.5, 0.6) is 5.75 Å². The Labute approximate surface area is 158 Å². The quantitative estimate of drug-likeness (QED) is 0.470. The molecule has 0 saturated heterocycles. The van der Waals surface area contributed by atoms with Crippen molar-refractivity contribution in [2.75, 3.05) is 46.8 Å². The largest absolute Gasteiger partial charge is 0.488 e. The van der Waals surface area contributed by atoms with E-state index in [1.54, 1.807) is 6.07 Å². The highest BCUT2D eigenvalue weighted by Gasteiger charge is 2.26. The van der Waals surface area contributed by atoms with E-state index in [-0.39, 0.29) is 44.6 Å². The molecule has 0 amide bonds. The summed E-state index contributed by atoms with van der Waals surface area (Å²) >= 11 is 0. The second kappa shape index (κ2) is 10.2. The molecule has 2 rings (SSSR count). The van der Waals surface area contributed by atoms with Crippen molar-refractivity contribution in [3.8, 4) is 5.75 Å². The van der Waals surface area contributed by atoms with Crippen molar-refractivity contribution < 1.29 is 33.2 Å². The van der Waals surface area contributed by atoms with Crippen LogP contribution in [0.1, 0.15) is 24.5 Å². The van der Waals surface area contributed by atoms with Crippen molar-refractivity contribution in [2.45, 2.75) is 13.3 Å². The van der Waals surface area contributed by atoms with Gasteiger partial charge in [0.15, 0.2) is 11.6 Å². The number of aliphatic hydroxyl groups excluding tert-OH is 1. The molecule has 0 bridgehead atoms. The number of allylic oxidation sites excluding steroid dienone is 2. The lowest BCUT2D eigenvalue weighted by Crippen LogP contribution is -2.12. The van der Waals surface area contributed by atoms with Crippen molar-refractivity contribution in [2.24, 2.45) is 0 Å². The summed E-state index contributed by atoms with van der Waals surface area (Å²) in [6.07, 6.45) is 0.0936. The molecule has 148 valence electrons. The van der Waals surface area contributed by atoms with E-state index in [1.165, 1.54) is 13.2 Å². The highest BCUT2D eigenvalue weighted by Crippen LogP contribution is 2.44. The molecule has 0 fully saturated rings. The van der Waals surface area contributed by atoms with E-state index in [0.717, 1.165) is 16.7 Å². The minimum Gasteiger partial charge on any atom is -0.488 e. The van der Waals surface area contributed by atoms with E-state index < -0.39 is 5.82 Å². The number of carbonyl (C=O) groups excluding carboxylic acids is 1. The zero-order valence-corrected chi connectivity index (χ0v) is 15.7. The van der Waals surface area contributed by atoms with Gasteiger partial charge in [0.25, 0.3) is 0 Å². The topological polar surface area (TPSA) is 74.2 Å². The second-order valence-corrected chi connectivity index (χ2v) is 5.96. The van der Waals surface area contributed by atoms with Gasteiger partial charge in [-0.05, 0) is 46.9 Å². The normalized spacial score (nSPS) is 13.1. The molecule has 1 aromatic carbocycles. The predicted octanol–water partition coefficient (Wildman–Crippen LogP) is 2.59. The Morgan fingerprint density at radius 1 is 1.11 bits per heavy atom. The number of aliphatic hydroxyl groups is 1. The van der Waals surface area contributed by atoms with Crippen molar-refractivity contribution in [1.29, 1.82) is 0 Å². The molecule has 0 aromatic heterocycles. The number of rotatable bonds is 11.